The molecule has 1 unspecified atom stereocenters. The Labute approximate surface area is 154 Å². The minimum absolute atomic E-state index is 0.238. The molecule has 7 heteroatoms. The van der Waals surface area contributed by atoms with Crippen LogP contribution in [0.2, 0.25) is 0 Å². The van der Waals surface area contributed by atoms with Crippen LogP contribution in [0.25, 0.3) is 0 Å². The van der Waals surface area contributed by atoms with E-state index < -0.39 is 7.12 Å². The second kappa shape index (κ2) is 9.95. The van der Waals surface area contributed by atoms with Crippen LogP contribution >= 0.6 is 0 Å². The zero-order valence-electron chi connectivity index (χ0n) is 15.1. The molecule has 0 amide bonds. The smallest absolute Gasteiger partial charge is 0.457 e. The predicted octanol–water partition coefficient (Wildman–Crippen LogP) is 2.58. The summed E-state index contributed by atoms with van der Waals surface area (Å²) in [5.74, 6) is 1.20. The molecule has 0 radical (unpaired) electrons. The largest absolute Gasteiger partial charge is 0.491 e. The number of nitriles is 1. The van der Waals surface area contributed by atoms with Gasteiger partial charge in [-0.25, -0.2) is 0 Å². The lowest BCUT2D eigenvalue weighted by Gasteiger charge is -2.17. The fraction of sp³-hybridized carbons (Fsp3) is 0.316. The third kappa shape index (κ3) is 5.58. The highest BCUT2D eigenvalue weighted by Crippen LogP contribution is 2.22. The van der Waals surface area contributed by atoms with E-state index in [9.17, 15) is 5.02 Å². The normalized spacial score (nSPS) is 11.7. The van der Waals surface area contributed by atoms with Gasteiger partial charge in [0.05, 0.1) is 18.2 Å². The molecule has 0 aliphatic heterocycles. The van der Waals surface area contributed by atoms with E-state index in [1.165, 1.54) is 7.11 Å². The van der Waals surface area contributed by atoms with Crippen molar-refractivity contribution in [2.75, 3.05) is 13.7 Å². The summed E-state index contributed by atoms with van der Waals surface area (Å²) in [5, 5.41) is 18.9. The number of hydrogen-bond donors (Lipinski definition) is 1. The van der Waals surface area contributed by atoms with Gasteiger partial charge in [0.15, 0.2) is 6.29 Å². The van der Waals surface area contributed by atoms with E-state index in [4.69, 9.17) is 24.1 Å². The standard InChI is InChI=1S/C19H22BNO5/c1-4-24-14(2)25-13-16-11-18(9-10-19(16)20(22)23-3)26-17-7-5-15(12-21)6-8-17/h5-11,14,22H,4,13H2,1-3H3. The maximum atomic E-state index is 10.0. The van der Waals surface area contributed by atoms with Crippen LogP contribution in [0.4, 0.5) is 0 Å². The Morgan fingerprint density at radius 3 is 2.42 bits per heavy atom. The molecule has 2 aromatic rings. The Morgan fingerprint density at radius 2 is 1.81 bits per heavy atom. The molecule has 0 aliphatic rings. The first-order valence-electron chi connectivity index (χ1n) is 8.32. The Hall–Kier alpha value is -2.37. The molecule has 0 saturated heterocycles. The van der Waals surface area contributed by atoms with Crippen molar-refractivity contribution in [1.29, 1.82) is 5.26 Å². The van der Waals surface area contributed by atoms with Gasteiger partial charge in [-0.15, -0.1) is 0 Å². The van der Waals surface area contributed by atoms with Crippen molar-refractivity contribution in [2.24, 2.45) is 0 Å². The van der Waals surface area contributed by atoms with Crippen LogP contribution in [-0.2, 0) is 20.7 Å². The zero-order chi connectivity index (χ0) is 18.9. The van der Waals surface area contributed by atoms with E-state index in [0.29, 0.717) is 29.1 Å². The first-order valence-corrected chi connectivity index (χ1v) is 8.32. The minimum Gasteiger partial charge on any atom is -0.457 e. The van der Waals surface area contributed by atoms with Crippen molar-refractivity contribution in [1.82, 2.24) is 0 Å². The van der Waals surface area contributed by atoms with Crippen molar-refractivity contribution in [3.63, 3.8) is 0 Å². The van der Waals surface area contributed by atoms with Crippen molar-refractivity contribution >= 4 is 12.6 Å². The first-order chi connectivity index (χ1) is 12.6. The Kier molecular flexibility index (Phi) is 7.63. The summed E-state index contributed by atoms with van der Waals surface area (Å²) >= 11 is 0. The van der Waals surface area contributed by atoms with Gasteiger partial charge < -0.3 is 23.9 Å². The number of rotatable bonds is 9. The predicted molar refractivity (Wildman–Crippen MR) is 98.2 cm³/mol. The number of ether oxygens (including phenoxy) is 3. The number of nitrogens with zero attached hydrogens (tertiary/aromatic N) is 1. The Balaban J connectivity index is 2.19. The molecular weight excluding hydrogens is 333 g/mol. The quantitative estimate of drug-likeness (QED) is 0.550. The Bertz CT molecular complexity index is 745. The van der Waals surface area contributed by atoms with Crippen LogP contribution in [0.1, 0.15) is 25.0 Å². The van der Waals surface area contributed by atoms with Crippen molar-refractivity contribution in [3.8, 4) is 17.6 Å². The van der Waals surface area contributed by atoms with Crippen molar-refractivity contribution in [2.45, 2.75) is 26.7 Å². The molecule has 0 spiro atoms. The number of benzene rings is 2. The summed E-state index contributed by atoms with van der Waals surface area (Å²) in [6.45, 7) is 4.50. The van der Waals surface area contributed by atoms with Crippen LogP contribution < -0.4 is 10.2 Å². The van der Waals surface area contributed by atoms with Gasteiger partial charge in [-0.1, -0.05) is 6.07 Å². The van der Waals surface area contributed by atoms with Gasteiger partial charge >= 0.3 is 7.12 Å². The van der Waals surface area contributed by atoms with Gasteiger partial charge in [-0.3, -0.25) is 0 Å². The second-order valence-corrected chi connectivity index (χ2v) is 5.52. The summed E-state index contributed by atoms with van der Waals surface area (Å²) < 4.78 is 21.9. The van der Waals surface area contributed by atoms with Crippen LogP contribution in [0, 0.1) is 11.3 Å². The Morgan fingerprint density at radius 1 is 1.12 bits per heavy atom. The summed E-state index contributed by atoms with van der Waals surface area (Å²) in [5.41, 5.74) is 1.90. The van der Waals surface area contributed by atoms with Crippen molar-refractivity contribution in [3.05, 3.63) is 53.6 Å². The molecule has 6 nitrogen and oxygen atoms in total. The highest BCUT2D eigenvalue weighted by molar-refractivity contribution is 6.60. The van der Waals surface area contributed by atoms with E-state index in [1.807, 2.05) is 13.8 Å². The summed E-state index contributed by atoms with van der Waals surface area (Å²) in [4.78, 5) is 0. The molecule has 0 saturated carbocycles. The SMILES string of the molecule is CCOC(C)OCc1cc(Oc2ccc(C#N)cc2)ccc1B(O)OC. The molecule has 26 heavy (non-hydrogen) atoms. The van der Waals surface area contributed by atoms with Crippen LogP contribution in [0.3, 0.4) is 0 Å². The molecule has 1 atom stereocenters. The number of hydrogen-bond acceptors (Lipinski definition) is 6. The van der Waals surface area contributed by atoms with Crippen LogP contribution in [0.15, 0.2) is 42.5 Å². The summed E-state index contributed by atoms with van der Waals surface area (Å²) in [7, 11) is 0.374. The van der Waals surface area contributed by atoms with E-state index in [2.05, 4.69) is 6.07 Å². The molecule has 0 fully saturated rings. The fourth-order valence-electron chi connectivity index (χ4n) is 2.36. The molecule has 0 aliphatic carbocycles. The highest BCUT2D eigenvalue weighted by atomic mass is 16.7. The molecule has 0 heterocycles. The first kappa shape index (κ1) is 20.0. The third-order valence-corrected chi connectivity index (χ3v) is 3.70. The van der Waals surface area contributed by atoms with E-state index in [0.717, 1.165) is 5.56 Å². The average molecular weight is 355 g/mol. The van der Waals surface area contributed by atoms with Crippen LogP contribution in [0.5, 0.6) is 11.5 Å². The highest BCUT2D eigenvalue weighted by Gasteiger charge is 2.20. The summed E-state index contributed by atoms with van der Waals surface area (Å²) in [6.07, 6.45) is -0.365. The molecule has 2 aromatic carbocycles. The maximum Gasteiger partial charge on any atom is 0.491 e. The topological polar surface area (TPSA) is 80.9 Å². The maximum absolute atomic E-state index is 10.0. The second-order valence-electron chi connectivity index (χ2n) is 5.52. The lowest BCUT2D eigenvalue weighted by molar-refractivity contribution is -0.134. The van der Waals surface area contributed by atoms with E-state index in [1.54, 1.807) is 42.5 Å². The summed E-state index contributed by atoms with van der Waals surface area (Å²) in [6, 6.07) is 14.2. The van der Waals surface area contributed by atoms with Gasteiger partial charge in [-0.05, 0) is 61.3 Å². The average Bonchev–Trinajstić information content (AvgIpc) is 2.67. The minimum atomic E-state index is -1.06. The van der Waals surface area contributed by atoms with Gasteiger partial charge in [0.1, 0.15) is 11.5 Å². The zero-order valence-corrected chi connectivity index (χ0v) is 15.1. The van der Waals surface area contributed by atoms with Crippen molar-refractivity contribution < 1.29 is 23.9 Å². The van der Waals surface area contributed by atoms with E-state index >= 15 is 0 Å². The van der Waals surface area contributed by atoms with E-state index in [-0.39, 0.29) is 12.9 Å². The monoisotopic (exact) mass is 355 g/mol. The van der Waals surface area contributed by atoms with Gasteiger partial charge in [0, 0.05) is 13.7 Å². The van der Waals surface area contributed by atoms with Gasteiger partial charge in [0.25, 0.3) is 0 Å². The molecular formula is C19H22BNO5. The third-order valence-electron chi connectivity index (χ3n) is 3.70. The van der Waals surface area contributed by atoms with Gasteiger partial charge in [0.2, 0.25) is 0 Å². The van der Waals surface area contributed by atoms with Crippen LogP contribution in [-0.4, -0.2) is 32.1 Å². The lowest BCUT2D eigenvalue weighted by Crippen LogP contribution is -2.35. The lowest BCUT2D eigenvalue weighted by atomic mass is 9.76. The molecule has 1 N–H and O–H groups in total. The molecule has 0 bridgehead atoms. The fourth-order valence-corrected chi connectivity index (χ4v) is 2.36. The van der Waals surface area contributed by atoms with Gasteiger partial charge in [-0.2, -0.15) is 5.26 Å². The molecule has 136 valence electrons. The molecule has 2 rings (SSSR count). The molecule has 0 aromatic heterocycles.